The van der Waals surface area contributed by atoms with Crippen molar-refractivity contribution in [3.8, 4) is 67.3 Å². The predicted molar refractivity (Wildman–Crippen MR) is 234 cm³/mol. The second-order valence-corrected chi connectivity index (χ2v) is 14.9. The van der Waals surface area contributed by atoms with E-state index in [4.69, 9.17) is 15.0 Å². The maximum Gasteiger partial charge on any atom is 0.160 e. The van der Waals surface area contributed by atoms with Gasteiger partial charge in [-0.05, 0) is 88.2 Å². The fourth-order valence-electron chi connectivity index (χ4n) is 8.75. The molecule has 2 aromatic heterocycles. The first kappa shape index (κ1) is 34.3. The lowest BCUT2D eigenvalue weighted by atomic mass is 9.67. The molecule has 10 rings (SSSR count). The van der Waals surface area contributed by atoms with Crippen molar-refractivity contribution in [3.05, 3.63) is 234 Å². The second-order valence-electron chi connectivity index (χ2n) is 14.9. The molecule has 3 heteroatoms. The fourth-order valence-corrected chi connectivity index (χ4v) is 8.75. The number of rotatable bonds is 7. The van der Waals surface area contributed by atoms with Gasteiger partial charge in [-0.15, -0.1) is 0 Å². The lowest BCUT2D eigenvalue weighted by Crippen LogP contribution is -2.28. The fraction of sp³-hybridized carbons (Fsp3) is 0.0556. The predicted octanol–water partition coefficient (Wildman–Crippen LogP) is 13.2. The summed E-state index contributed by atoms with van der Waals surface area (Å²) in [6, 6.07) is 71.9. The normalized spacial score (nSPS) is 14.2. The van der Waals surface area contributed by atoms with Crippen LogP contribution in [0.5, 0.6) is 0 Å². The van der Waals surface area contributed by atoms with Crippen LogP contribution in [0.1, 0.15) is 33.6 Å². The van der Waals surface area contributed by atoms with Crippen LogP contribution >= 0.6 is 0 Å². The molecule has 0 saturated heterocycles. The van der Waals surface area contributed by atoms with Crippen LogP contribution in [0.4, 0.5) is 0 Å². The summed E-state index contributed by atoms with van der Waals surface area (Å²) < 4.78 is 0. The van der Waals surface area contributed by atoms with Crippen LogP contribution in [0.3, 0.4) is 0 Å². The molecule has 3 nitrogen and oxygen atoms in total. The third-order valence-corrected chi connectivity index (χ3v) is 11.4. The van der Waals surface area contributed by atoms with Gasteiger partial charge in [-0.2, -0.15) is 0 Å². The maximum atomic E-state index is 5.24. The summed E-state index contributed by atoms with van der Waals surface area (Å²) in [6.45, 7) is 4.12. The highest BCUT2D eigenvalue weighted by atomic mass is 14.9. The molecule has 9 aromatic rings. The van der Waals surface area contributed by atoms with E-state index in [0.717, 1.165) is 45.0 Å². The van der Waals surface area contributed by atoms with Crippen molar-refractivity contribution in [1.29, 1.82) is 0 Å². The van der Waals surface area contributed by atoms with Gasteiger partial charge in [0.2, 0.25) is 0 Å². The molecule has 0 radical (unpaired) electrons. The monoisotopic (exact) mass is 729 g/mol. The zero-order valence-electron chi connectivity index (χ0n) is 31.9. The highest BCUT2D eigenvalue weighted by Gasteiger charge is 2.46. The van der Waals surface area contributed by atoms with Gasteiger partial charge in [-0.3, -0.25) is 4.98 Å². The zero-order chi connectivity index (χ0) is 38.3. The first-order chi connectivity index (χ1) is 28.1. The average molecular weight is 730 g/mol. The summed E-state index contributed by atoms with van der Waals surface area (Å²) >= 11 is 0. The SMILES string of the molecule is Cc1ccc(-c2ccc(-c3cccc(C4(c5ccccc5)c5ccccc5-c5ccc(-c6cc(-c7ccccc7)nc(-c7ccccc7)n6)cc54)c3)cc2)c(C)n1. The number of benzene rings is 7. The van der Waals surface area contributed by atoms with E-state index in [9.17, 15) is 0 Å². The number of aryl methyl sites for hydroxylation is 2. The van der Waals surface area contributed by atoms with E-state index in [1.807, 2.05) is 31.2 Å². The molecule has 7 aromatic carbocycles. The Morgan fingerprint density at radius 3 is 1.63 bits per heavy atom. The van der Waals surface area contributed by atoms with Crippen molar-refractivity contribution in [3.63, 3.8) is 0 Å². The standard InChI is InChI=1S/C54H39N3/c1-36-25-31-46(37(2)55-36)39-28-26-38(27-29-39)42-19-14-22-45(33-42)54(44-20-10-5-11-21-44)49-24-13-12-23-47(49)48-32-30-43(34-50(48)54)52-35-51(40-15-6-3-7-16-40)56-53(57-52)41-17-8-4-9-18-41/h3-35H,1-2H3. The van der Waals surface area contributed by atoms with Gasteiger partial charge in [0.1, 0.15) is 0 Å². The van der Waals surface area contributed by atoms with Crippen LogP contribution < -0.4 is 0 Å². The van der Waals surface area contributed by atoms with Crippen molar-refractivity contribution in [1.82, 2.24) is 15.0 Å². The molecule has 1 unspecified atom stereocenters. The molecule has 57 heavy (non-hydrogen) atoms. The highest BCUT2D eigenvalue weighted by molar-refractivity contribution is 5.89. The molecular formula is C54H39N3. The molecule has 0 aliphatic heterocycles. The maximum absolute atomic E-state index is 5.24. The van der Waals surface area contributed by atoms with E-state index in [2.05, 4.69) is 183 Å². The van der Waals surface area contributed by atoms with Crippen molar-refractivity contribution in [2.75, 3.05) is 0 Å². The zero-order valence-corrected chi connectivity index (χ0v) is 31.9. The van der Waals surface area contributed by atoms with Crippen molar-refractivity contribution in [2.24, 2.45) is 0 Å². The largest absolute Gasteiger partial charge is 0.258 e. The summed E-state index contributed by atoms with van der Waals surface area (Å²) in [6.07, 6.45) is 0. The highest BCUT2D eigenvalue weighted by Crippen LogP contribution is 2.57. The second kappa shape index (κ2) is 14.1. The van der Waals surface area contributed by atoms with E-state index >= 15 is 0 Å². The minimum atomic E-state index is -0.582. The van der Waals surface area contributed by atoms with Crippen LogP contribution in [0.25, 0.3) is 67.3 Å². The van der Waals surface area contributed by atoms with E-state index in [0.29, 0.717) is 5.82 Å². The van der Waals surface area contributed by atoms with Gasteiger partial charge >= 0.3 is 0 Å². The third kappa shape index (κ3) is 5.96. The number of fused-ring (bicyclic) bond motifs is 3. The van der Waals surface area contributed by atoms with Gasteiger partial charge in [0.25, 0.3) is 0 Å². The van der Waals surface area contributed by atoms with Crippen LogP contribution in [0, 0.1) is 13.8 Å². The summed E-state index contributed by atoms with van der Waals surface area (Å²) in [5.74, 6) is 0.706. The van der Waals surface area contributed by atoms with Crippen LogP contribution in [0.2, 0.25) is 0 Å². The molecule has 2 heterocycles. The molecule has 0 saturated carbocycles. The lowest BCUT2D eigenvalue weighted by molar-refractivity contribution is 0.769. The number of pyridine rings is 1. The Morgan fingerprint density at radius 1 is 0.333 bits per heavy atom. The first-order valence-corrected chi connectivity index (χ1v) is 19.5. The van der Waals surface area contributed by atoms with Crippen molar-refractivity contribution in [2.45, 2.75) is 19.3 Å². The Balaban J connectivity index is 1.17. The Labute approximate surface area is 334 Å². The van der Waals surface area contributed by atoms with Gasteiger partial charge in [-0.1, -0.05) is 176 Å². The number of hydrogen-bond donors (Lipinski definition) is 0. The minimum Gasteiger partial charge on any atom is -0.258 e. The molecule has 0 bridgehead atoms. The van der Waals surface area contributed by atoms with Gasteiger partial charge in [0.05, 0.1) is 16.8 Å². The van der Waals surface area contributed by atoms with Gasteiger partial charge in [-0.25, -0.2) is 9.97 Å². The smallest absolute Gasteiger partial charge is 0.160 e. The van der Waals surface area contributed by atoms with Gasteiger partial charge in [0, 0.05) is 33.6 Å². The summed E-state index contributed by atoms with van der Waals surface area (Å²) in [5.41, 5.74) is 18.5. The molecule has 0 amide bonds. The summed E-state index contributed by atoms with van der Waals surface area (Å²) in [5, 5.41) is 0. The van der Waals surface area contributed by atoms with Crippen LogP contribution in [0.15, 0.2) is 200 Å². The van der Waals surface area contributed by atoms with E-state index in [1.165, 1.54) is 50.1 Å². The number of aromatic nitrogens is 3. The lowest BCUT2D eigenvalue weighted by Gasteiger charge is -2.34. The average Bonchev–Trinajstić information content (AvgIpc) is 3.58. The van der Waals surface area contributed by atoms with Crippen molar-refractivity contribution >= 4 is 0 Å². The minimum absolute atomic E-state index is 0.582. The van der Waals surface area contributed by atoms with Crippen molar-refractivity contribution < 1.29 is 0 Å². The quantitative estimate of drug-likeness (QED) is 0.164. The van der Waals surface area contributed by atoms with Gasteiger partial charge < -0.3 is 0 Å². The molecular weight excluding hydrogens is 691 g/mol. The number of hydrogen-bond acceptors (Lipinski definition) is 3. The molecule has 0 fully saturated rings. The first-order valence-electron chi connectivity index (χ1n) is 19.5. The number of nitrogens with zero attached hydrogens (tertiary/aromatic N) is 3. The van der Waals surface area contributed by atoms with Crippen LogP contribution in [-0.2, 0) is 5.41 Å². The molecule has 1 aliphatic carbocycles. The molecule has 0 spiro atoms. The van der Waals surface area contributed by atoms with E-state index in [-0.39, 0.29) is 0 Å². The Hall–Kier alpha value is -7.23. The third-order valence-electron chi connectivity index (χ3n) is 11.4. The molecule has 1 atom stereocenters. The van der Waals surface area contributed by atoms with E-state index in [1.54, 1.807) is 0 Å². The van der Waals surface area contributed by atoms with Gasteiger partial charge in [0.15, 0.2) is 5.82 Å². The van der Waals surface area contributed by atoms with E-state index < -0.39 is 5.41 Å². The topological polar surface area (TPSA) is 38.7 Å². The summed E-state index contributed by atoms with van der Waals surface area (Å²) in [7, 11) is 0. The molecule has 0 N–H and O–H groups in total. The summed E-state index contributed by atoms with van der Waals surface area (Å²) in [4.78, 5) is 15.0. The van der Waals surface area contributed by atoms with Crippen LogP contribution in [-0.4, -0.2) is 15.0 Å². The Morgan fingerprint density at radius 2 is 0.895 bits per heavy atom. The molecule has 1 aliphatic rings. The molecule has 270 valence electrons. The Bertz CT molecular complexity index is 2840. The Kier molecular flexibility index (Phi) is 8.49.